The van der Waals surface area contributed by atoms with E-state index in [2.05, 4.69) is 4.72 Å². The lowest BCUT2D eigenvalue weighted by Gasteiger charge is -2.06. The predicted molar refractivity (Wildman–Crippen MR) is 66.9 cm³/mol. The fourth-order valence-electron chi connectivity index (χ4n) is 1.21. The van der Waals surface area contributed by atoms with Gasteiger partial charge in [-0.25, -0.2) is 0 Å². The fourth-order valence-corrected chi connectivity index (χ4v) is 1.87. The molecule has 0 aliphatic carbocycles. The van der Waals surface area contributed by atoms with Gasteiger partial charge in [0, 0.05) is 5.69 Å². The van der Waals surface area contributed by atoms with Crippen LogP contribution < -0.4 is 8.91 Å². The van der Waals surface area contributed by atoms with Crippen molar-refractivity contribution < 1.29 is 13.5 Å². The summed E-state index contributed by atoms with van der Waals surface area (Å²) >= 11 is -1.66. The highest BCUT2D eigenvalue weighted by Crippen LogP contribution is 2.15. The molecule has 2 aromatic carbocycles. The summed E-state index contributed by atoms with van der Waals surface area (Å²) < 4.78 is 19.4. The molecule has 0 radical (unpaired) electrons. The van der Waals surface area contributed by atoms with E-state index >= 15 is 0 Å². The van der Waals surface area contributed by atoms with Crippen molar-refractivity contribution in [1.82, 2.24) is 0 Å². The molecule has 0 saturated carbocycles. The molecule has 1 unspecified atom stereocenters. The van der Waals surface area contributed by atoms with Gasteiger partial charge in [0.1, 0.15) is 11.5 Å². The lowest BCUT2D eigenvalue weighted by atomic mass is 10.3. The van der Waals surface area contributed by atoms with Crippen molar-refractivity contribution in [2.45, 2.75) is 0 Å². The van der Waals surface area contributed by atoms with Crippen LogP contribution in [0.3, 0.4) is 0 Å². The Kier molecular flexibility index (Phi) is 3.62. The number of hydrogen-bond donors (Lipinski definition) is 2. The highest BCUT2D eigenvalue weighted by atomic mass is 32.2. The summed E-state index contributed by atoms with van der Waals surface area (Å²) in [7, 11) is 0. The first kappa shape index (κ1) is 11.5. The fraction of sp³-hybridized carbons (Fsp3) is 0. The second-order valence-corrected chi connectivity index (χ2v) is 4.12. The number of phenols is 1. The molecular formula is C12H11NO3S. The van der Waals surface area contributed by atoms with Crippen LogP contribution in [0.1, 0.15) is 0 Å². The zero-order valence-corrected chi connectivity index (χ0v) is 9.68. The Morgan fingerprint density at radius 1 is 1.00 bits per heavy atom. The molecule has 0 bridgehead atoms. The van der Waals surface area contributed by atoms with E-state index in [1.807, 2.05) is 6.07 Å². The molecule has 0 fully saturated rings. The summed E-state index contributed by atoms with van der Waals surface area (Å²) in [5.41, 5.74) is 0.608. The van der Waals surface area contributed by atoms with Gasteiger partial charge < -0.3 is 9.29 Å². The maximum absolute atomic E-state index is 11.6. The summed E-state index contributed by atoms with van der Waals surface area (Å²) in [6.45, 7) is 0. The molecular weight excluding hydrogens is 238 g/mol. The summed E-state index contributed by atoms with van der Waals surface area (Å²) in [6, 6.07) is 15.1. The van der Waals surface area contributed by atoms with Gasteiger partial charge in [-0.2, -0.15) is 4.21 Å². The van der Waals surface area contributed by atoms with Crippen LogP contribution in [0.4, 0.5) is 5.69 Å². The minimum absolute atomic E-state index is 0.158. The lowest BCUT2D eigenvalue weighted by Crippen LogP contribution is -2.10. The number of phenolic OH excluding ortho intramolecular Hbond substituents is 1. The molecule has 0 amide bonds. The Hall–Kier alpha value is -2.01. The predicted octanol–water partition coefficient (Wildman–Crippen LogP) is 2.46. The third-order valence-corrected chi connectivity index (χ3v) is 2.73. The first-order valence-corrected chi connectivity index (χ1v) is 6.02. The molecule has 1 atom stereocenters. The van der Waals surface area contributed by atoms with Crippen LogP contribution >= 0.6 is 0 Å². The summed E-state index contributed by atoms with van der Waals surface area (Å²) in [6.07, 6.45) is 0. The van der Waals surface area contributed by atoms with Gasteiger partial charge in [0.15, 0.2) is 0 Å². The second-order valence-electron chi connectivity index (χ2n) is 3.28. The van der Waals surface area contributed by atoms with Gasteiger partial charge in [-0.1, -0.05) is 18.2 Å². The van der Waals surface area contributed by atoms with Crippen molar-refractivity contribution in [3.05, 3.63) is 54.6 Å². The van der Waals surface area contributed by atoms with Crippen molar-refractivity contribution in [1.29, 1.82) is 0 Å². The van der Waals surface area contributed by atoms with Crippen molar-refractivity contribution in [2.75, 3.05) is 4.72 Å². The molecule has 4 nitrogen and oxygen atoms in total. The largest absolute Gasteiger partial charge is 0.508 e. The normalized spacial score (nSPS) is 11.8. The lowest BCUT2D eigenvalue weighted by molar-refractivity contribution is 0.475. The van der Waals surface area contributed by atoms with E-state index in [-0.39, 0.29) is 5.75 Å². The maximum atomic E-state index is 11.6. The van der Waals surface area contributed by atoms with E-state index in [4.69, 9.17) is 9.29 Å². The average molecular weight is 249 g/mol. The van der Waals surface area contributed by atoms with E-state index in [1.165, 1.54) is 12.1 Å². The Bertz CT molecular complexity index is 499. The molecule has 0 heterocycles. The second kappa shape index (κ2) is 5.36. The zero-order chi connectivity index (χ0) is 12.1. The number of hydrogen-bond acceptors (Lipinski definition) is 3. The molecule has 2 N–H and O–H groups in total. The van der Waals surface area contributed by atoms with Gasteiger partial charge in [-0.3, -0.25) is 4.72 Å². The number of anilines is 1. The topological polar surface area (TPSA) is 58.6 Å². The molecule has 2 rings (SSSR count). The van der Waals surface area contributed by atoms with Gasteiger partial charge in [0.05, 0.1) is 0 Å². The summed E-state index contributed by atoms with van der Waals surface area (Å²) in [5.74, 6) is 0.683. The minimum Gasteiger partial charge on any atom is -0.508 e. The molecule has 0 aliphatic heterocycles. The molecule has 2 aromatic rings. The van der Waals surface area contributed by atoms with Crippen LogP contribution in [-0.4, -0.2) is 9.32 Å². The van der Waals surface area contributed by atoms with E-state index in [1.54, 1.807) is 36.4 Å². The first-order valence-electron chi connectivity index (χ1n) is 4.95. The number of aromatic hydroxyl groups is 1. The van der Waals surface area contributed by atoms with Crippen LogP contribution in [0.15, 0.2) is 54.6 Å². The molecule has 88 valence electrons. The summed E-state index contributed by atoms with van der Waals surface area (Å²) in [4.78, 5) is 0. The monoisotopic (exact) mass is 249 g/mol. The Balaban J connectivity index is 1.96. The number of para-hydroxylation sites is 1. The third-order valence-electron chi connectivity index (χ3n) is 1.98. The highest BCUT2D eigenvalue weighted by Gasteiger charge is 2.02. The Labute approximate surface area is 102 Å². The number of nitrogens with one attached hydrogen (secondary N) is 1. The zero-order valence-electron chi connectivity index (χ0n) is 8.87. The van der Waals surface area contributed by atoms with Gasteiger partial charge in [-0.05, 0) is 36.4 Å². The van der Waals surface area contributed by atoms with Gasteiger partial charge >= 0.3 is 11.3 Å². The highest BCUT2D eigenvalue weighted by molar-refractivity contribution is 7.81. The number of rotatable bonds is 4. The van der Waals surface area contributed by atoms with Crippen LogP contribution in [0.5, 0.6) is 11.5 Å². The minimum atomic E-state index is -1.66. The van der Waals surface area contributed by atoms with Crippen molar-refractivity contribution >= 4 is 17.0 Å². The molecule has 0 aromatic heterocycles. The molecule has 0 spiro atoms. The average Bonchev–Trinajstić information content (AvgIpc) is 2.33. The molecule has 0 aliphatic rings. The molecule has 5 heteroatoms. The molecule has 17 heavy (non-hydrogen) atoms. The van der Waals surface area contributed by atoms with Crippen LogP contribution in [0, 0.1) is 0 Å². The van der Waals surface area contributed by atoms with Gasteiger partial charge in [0.2, 0.25) is 0 Å². The Morgan fingerprint density at radius 3 is 2.29 bits per heavy atom. The first-order chi connectivity index (χ1) is 8.24. The quantitative estimate of drug-likeness (QED) is 0.818. The SMILES string of the molecule is O=S(Nc1ccc(O)cc1)Oc1ccccc1. The third kappa shape index (κ3) is 3.49. The molecule has 0 saturated heterocycles. The van der Waals surface area contributed by atoms with E-state index in [0.717, 1.165) is 0 Å². The van der Waals surface area contributed by atoms with Gasteiger partial charge in [0.25, 0.3) is 0 Å². The van der Waals surface area contributed by atoms with Crippen molar-refractivity contribution in [2.24, 2.45) is 0 Å². The standard InChI is InChI=1S/C12H11NO3S/c14-11-8-6-10(7-9-11)13-17(15)16-12-4-2-1-3-5-12/h1-9,13-14H. The van der Waals surface area contributed by atoms with E-state index in [0.29, 0.717) is 11.4 Å². The smallest absolute Gasteiger partial charge is 0.316 e. The maximum Gasteiger partial charge on any atom is 0.316 e. The van der Waals surface area contributed by atoms with Crippen LogP contribution in [-0.2, 0) is 11.3 Å². The van der Waals surface area contributed by atoms with Crippen molar-refractivity contribution in [3.8, 4) is 11.5 Å². The Morgan fingerprint density at radius 2 is 1.65 bits per heavy atom. The van der Waals surface area contributed by atoms with E-state index in [9.17, 15) is 4.21 Å². The van der Waals surface area contributed by atoms with Crippen LogP contribution in [0.2, 0.25) is 0 Å². The van der Waals surface area contributed by atoms with Crippen molar-refractivity contribution in [3.63, 3.8) is 0 Å². The van der Waals surface area contributed by atoms with Gasteiger partial charge in [-0.15, -0.1) is 0 Å². The van der Waals surface area contributed by atoms with E-state index < -0.39 is 11.3 Å². The summed E-state index contributed by atoms with van der Waals surface area (Å²) in [5, 5.41) is 9.09. The number of benzene rings is 2. The van der Waals surface area contributed by atoms with Crippen LogP contribution in [0.25, 0.3) is 0 Å².